The van der Waals surface area contributed by atoms with Crippen LogP contribution in [-0.2, 0) is 4.74 Å². The predicted octanol–water partition coefficient (Wildman–Crippen LogP) is 6.04. The molecule has 3 heterocycles. The van der Waals surface area contributed by atoms with Crippen molar-refractivity contribution < 1.29 is 19.1 Å². The number of benzene rings is 1. The quantitative estimate of drug-likeness (QED) is 0.393. The first kappa shape index (κ1) is 26.3. The molecule has 1 aromatic carbocycles. The Hall–Kier alpha value is -3.72. The Morgan fingerprint density at radius 1 is 1.14 bits per heavy atom. The molecule has 0 bridgehead atoms. The van der Waals surface area contributed by atoms with Gasteiger partial charge in [0.1, 0.15) is 22.9 Å². The number of rotatable bonds is 5. The lowest BCUT2D eigenvalue weighted by molar-refractivity contribution is 0.00853. The molecule has 1 atom stereocenters. The molecule has 0 spiro atoms. The Labute approximate surface area is 220 Å². The highest BCUT2D eigenvalue weighted by Gasteiger charge is 2.34. The molecule has 1 fully saturated rings. The lowest BCUT2D eigenvalue weighted by Crippen LogP contribution is -2.42. The number of carbonyl (C=O) groups excluding carboxylic acids is 3. The summed E-state index contributed by atoms with van der Waals surface area (Å²) in [6.45, 7) is 7.51. The molecule has 194 valence electrons. The van der Waals surface area contributed by atoms with Gasteiger partial charge >= 0.3 is 6.09 Å². The van der Waals surface area contributed by atoms with Crippen LogP contribution in [0.3, 0.4) is 0 Å². The van der Waals surface area contributed by atoms with E-state index in [9.17, 15) is 14.4 Å². The first-order chi connectivity index (χ1) is 17.5. The standard InChI is InChI=1S/C27H30ClN5O4/c1-16(34)22-23(17-8-10-18(11-9-17)25(35)30-21-15-19(28)12-13-29-21)32-24(31-22)20-7-5-6-14-33(20)26(36)37-27(2,3)4/h8-13,15,20H,5-7,14H2,1-4H3,(H,31,32)(H,29,30,35)/t20-/m0/s1. The van der Waals surface area contributed by atoms with Gasteiger partial charge in [0.2, 0.25) is 0 Å². The average molecular weight is 524 g/mol. The number of nitrogens with one attached hydrogen (secondary N) is 2. The number of hydrogen-bond donors (Lipinski definition) is 2. The second-order valence-corrected chi connectivity index (χ2v) is 10.4. The summed E-state index contributed by atoms with van der Waals surface area (Å²) in [6, 6.07) is 9.63. The highest BCUT2D eigenvalue weighted by atomic mass is 35.5. The van der Waals surface area contributed by atoms with Crippen LogP contribution in [0.4, 0.5) is 10.6 Å². The van der Waals surface area contributed by atoms with Gasteiger partial charge in [0.05, 0.1) is 11.7 Å². The molecule has 2 amide bonds. The van der Waals surface area contributed by atoms with E-state index in [1.807, 2.05) is 20.8 Å². The summed E-state index contributed by atoms with van der Waals surface area (Å²) < 4.78 is 5.61. The lowest BCUT2D eigenvalue weighted by Gasteiger charge is -2.35. The minimum Gasteiger partial charge on any atom is -0.444 e. The summed E-state index contributed by atoms with van der Waals surface area (Å²) in [6.07, 6.45) is 3.62. The van der Waals surface area contributed by atoms with Crippen LogP contribution in [0.5, 0.6) is 0 Å². The van der Waals surface area contributed by atoms with Crippen LogP contribution in [0.25, 0.3) is 11.3 Å². The fraction of sp³-hybridized carbons (Fsp3) is 0.370. The largest absolute Gasteiger partial charge is 0.444 e. The van der Waals surface area contributed by atoms with E-state index >= 15 is 0 Å². The number of imidazole rings is 1. The number of ether oxygens (including phenoxy) is 1. The van der Waals surface area contributed by atoms with E-state index in [0.29, 0.717) is 52.1 Å². The van der Waals surface area contributed by atoms with Crippen LogP contribution < -0.4 is 5.32 Å². The molecule has 0 saturated carbocycles. The maximum atomic E-state index is 12.9. The number of halogens is 1. The van der Waals surface area contributed by atoms with Gasteiger partial charge in [-0.25, -0.2) is 14.8 Å². The number of H-pyrrole nitrogens is 1. The van der Waals surface area contributed by atoms with E-state index in [0.717, 1.165) is 12.8 Å². The minimum absolute atomic E-state index is 0.178. The molecule has 9 nitrogen and oxygen atoms in total. The third-order valence-corrected chi connectivity index (χ3v) is 6.14. The topological polar surface area (TPSA) is 117 Å². The zero-order valence-corrected chi connectivity index (χ0v) is 22.1. The number of carbonyl (C=O) groups is 3. The van der Waals surface area contributed by atoms with Crippen molar-refractivity contribution in [3.63, 3.8) is 0 Å². The fourth-order valence-electron chi connectivity index (χ4n) is 4.21. The number of piperidine rings is 1. The van der Waals surface area contributed by atoms with Crippen LogP contribution in [0, 0.1) is 0 Å². The van der Waals surface area contributed by atoms with E-state index in [-0.39, 0.29) is 17.7 Å². The fourth-order valence-corrected chi connectivity index (χ4v) is 4.37. The molecular weight excluding hydrogens is 494 g/mol. The number of aromatic amines is 1. The predicted molar refractivity (Wildman–Crippen MR) is 141 cm³/mol. The smallest absolute Gasteiger partial charge is 0.410 e. The molecule has 0 radical (unpaired) electrons. The molecular formula is C27H30ClN5O4. The Morgan fingerprint density at radius 2 is 1.86 bits per heavy atom. The summed E-state index contributed by atoms with van der Waals surface area (Å²) in [5, 5.41) is 3.17. The molecule has 1 aliphatic rings. The Morgan fingerprint density at radius 3 is 2.51 bits per heavy atom. The Kier molecular flexibility index (Phi) is 7.63. The van der Waals surface area contributed by atoms with E-state index < -0.39 is 11.7 Å². The first-order valence-electron chi connectivity index (χ1n) is 12.2. The molecule has 1 saturated heterocycles. The zero-order valence-electron chi connectivity index (χ0n) is 21.3. The molecule has 2 aromatic heterocycles. The van der Waals surface area contributed by atoms with Gasteiger partial charge < -0.3 is 15.0 Å². The number of aromatic nitrogens is 3. The minimum atomic E-state index is -0.616. The second kappa shape index (κ2) is 10.7. The van der Waals surface area contributed by atoms with Crippen LogP contribution in [-0.4, -0.2) is 49.8 Å². The van der Waals surface area contributed by atoms with Crippen molar-refractivity contribution in [2.75, 3.05) is 11.9 Å². The summed E-state index contributed by atoms with van der Waals surface area (Å²) in [5.74, 6) is 0.368. The third kappa shape index (κ3) is 6.35. The second-order valence-electron chi connectivity index (χ2n) is 9.98. The van der Waals surface area contributed by atoms with E-state index in [1.54, 1.807) is 41.3 Å². The highest BCUT2D eigenvalue weighted by molar-refractivity contribution is 6.30. The number of hydrogen-bond acceptors (Lipinski definition) is 6. The number of ketones is 1. The van der Waals surface area contributed by atoms with Crippen LogP contribution >= 0.6 is 11.6 Å². The number of pyridine rings is 1. The van der Waals surface area contributed by atoms with Gasteiger partial charge in [-0.15, -0.1) is 0 Å². The molecule has 1 aliphatic heterocycles. The maximum absolute atomic E-state index is 12.9. The van der Waals surface area contributed by atoms with Gasteiger partial charge in [-0.1, -0.05) is 23.7 Å². The third-order valence-electron chi connectivity index (χ3n) is 5.90. The Balaban J connectivity index is 1.59. The van der Waals surface area contributed by atoms with Crippen molar-refractivity contribution in [1.29, 1.82) is 0 Å². The van der Waals surface area contributed by atoms with Crippen LogP contribution in [0.15, 0.2) is 42.6 Å². The van der Waals surface area contributed by atoms with Crippen molar-refractivity contribution in [1.82, 2.24) is 19.9 Å². The van der Waals surface area contributed by atoms with E-state index in [4.69, 9.17) is 21.3 Å². The number of amides is 2. The summed E-state index contributed by atoms with van der Waals surface area (Å²) in [4.78, 5) is 51.7. The van der Waals surface area contributed by atoms with Crippen LogP contribution in [0.1, 0.15) is 79.7 Å². The number of anilines is 1. The number of Topliss-reactive ketones (excluding diaryl/α,β-unsaturated/α-hetero) is 1. The number of nitrogens with zero attached hydrogens (tertiary/aromatic N) is 3. The van der Waals surface area contributed by atoms with Crippen molar-refractivity contribution in [3.8, 4) is 11.3 Å². The van der Waals surface area contributed by atoms with Gasteiger partial charge in [0.25, 0.3) is 5.91 Å². The van der Waals surface area contributed by atoms with Crippen molar-refractivity contribution in [3.05, 3.63) is 64.7 Å². The van der Waals surface area contributed by atoms with Gasteiger partial charge in [-0.2, -0.15) is 0 Å². The summed E-state index contributed by atoms with van der Waals surface area (Å²) >= 11 is 5.96. The van der Waals surface area contributed by atoms with Gasteiger partial charge in [0, 0.05) is 35.8 Å². The van der Waals surface area contributed by atoms with Gasteiger partial charge in [-0.3, -0.25) is 14.5 Å². The molecule has 0 aliphatic carbocycles. The molecule has 0 unspecified atom stereocenters. The maximum Gasteiger partial charge on any atom is 0.410 e. The van der Waals surface area contributed by atoms with E-state index in [2.05, 4.69) is 15.3 Å². The molecule has 4 rings (SSSR count). The van der Waals surface area contributed by atoms with Crippen molar-refractivity contribution in [2.24, 2.45) is 0 Å². The van der Waals surface area contributed by atoms with E-state index in [1.165, 1.54) is 13.1 Å². The number of likely N-dealkylation sites (tertiary alicyclic amines) is 1. The molecule has 3 aromatic rings. The van der Waals surface area contributed by atoms with Crippen LogP contribution in [0.2, 0.25) is 5.02 Å². The van der Waals surface area contributed by atoms with Gasteiger partial charge in [-0.05, 0) is 64.3 Å². The normalized spacial score (nSPS) is 15.8. The highest BCUT2D eigenvalue weighted by Crippen LogP contribution is 2.33. The first-order valence-corrected chi connectivity index (χ1v) is 12.5. The monoisotopic (exact) mass is 523 g/mol. The van der Waals surface area contributed by atoms with Gasteiger partial charge in [0.15, 0.2) is 5.78 Å². The van der Waals surface area contributed by atoms with Crippen molar-refractivity contribution in [2.45, 2.75) is 58.6 Å². The summed E-state index contributed by atoms with van der Waals surface area (Å²) in [7, 11) is 0. The lowest BCUT2D eigenvalue weighted by atomic mass is 10.0. The molecule has 37 heavy (non-hydrogen) atoms. The molecule has 10 heteroatoms. The summed E-state index contributed by atoms with van der Waals surface area (Å²) in [5.41, 5.74) is 1.29. The SMILES string of the molecule is CC(=O)c1[nH]c([C@@H]2CCCCN2C(=O)OC(C)(C)C)nc1-c1ccc(C(=O)Nc2cc(Cl)ccn2)cc1. The molecule has 2 N–H and O–H groups in total. The van der Waals surface area contributed by atoms with Crippen molar-refractivity contribution >= 4 is 35.2 Å². The average Bonchev–Trinajstić information content (AvgIpc) is 3.29. The zero-order chi connectivity index (χ0) is 26.7. The Bertz CT molecular complexity index is 1310.